The van der Waals surface area contributed by atoms with E-state index in [1.54, 1.807) is 0 Å². The predicted molar refractivity (Wildman–Crippen MR) is 68.0 cm³/mol. The fourth-order valence-corrected chi connectivity index (χ4v) is 2.19. The number of benzene rings is 1. The van der Waals surface area contributed by atoms with Crippen LogP contribution in [-0.4, -0.2) is 27.7 Å². The maximum atomic E-state index is 11.3. The molecule has 0 saturated heterocycles. The summed E-state index contributed by atoms with van der Waals surface area (Å²) in [5, 5.41) is 3.56. The highest BCUT2D eigenvalue weighted by atomic mass is 32.2. The van der Waals surface area contributed by atoms with Crippen molar-refractivity contribution in [3.05, 3.63) is 30.6 Å². The van der Waals surface area contributed by atoms with Crippen LogP contribution in [0.1, 0.15) is 0 Å². The van der Waals surface area contributed by atoms with E-state index in [1.165, 1.54) is 18.1 Å². The third-order valence-electron chi connectivity index (χ3n) is 2.11. The van der Waals surface area contributed by atoms with Gasteiger partial charge >= 0.3 is 6.03 Å². The Morgan fingerprint density at radius 2 is 2.06 bits per heavy atom. The van der Waals surface area contributed by atoms with Crippen molar-refractivity contribution in [2.45, 2.75) is 5.03 Å². The highest BCUT2D eigenvalue weighted by molar-refractivity contribution is 8.00. The molecule has 18 heavy (non-hydrogen) atoms. The van der Waals surface area contributed by atoms with E-state index in [2.05, 4.69) is 9.97 Å². The Kier molecular flexibility index (Phi) is 3.73. The van der Waals surface area contributed by atoms with Gasteiger partial charge < -0.3 is 5.73 Å². The first-order chi connectivity index (χ1) is 8.66. The van der Waals surface area contributed by atoms with Crippen molar-refractivity contribution >= 4 is 34.6 Å². The lowest BCUT2D eigenvalue weighted by molar-refractivity contribution is -0.117. The second kappa shape index (κ2) is 5.46. The minimum atomic E-state index is -0.854. The first-order valence-electron chi connectivity index (χ1n) is 5.08. The van der Waals surface area contributed by atoms with Crippen molar-refractivity contribution < 1.29 is 9.59 Å². The number of carbonyl (C=O) groups excluding carboxylic acids is 2. The molecule has 0 atom stereocenters. The van der Waals surface area contributed by atoms with Crippen molar-refractivity contribution in [3.8, 4) is 0 Å². The second-order valence-corrected chi connectivity index (χ2v) is 4.36. The van der Waals surface area contributed by atoms with Crippen molar-refractivity contribution in [2.24, 2.45) is 5.73 Å². The van der Waals surface area contributed by atoms with Gasteiger partial charge in [0.1, 0.15) is 11.4 Å². The second-order valence-electron chi connectivity index (χ2n) is 3.40. The quantitative estimate of drug-likeness (QED) is 0.633. The minimum Gasteiger partial charge on any atom is -0.351 e. The van der Waals surface area contributed by atoms with E-state index >= 15 is 0 Å². The molecule has 0 fully saturated rings. The molecule has 0 aliphatic rings. The number of para-hydroxylation sites is 1. The predicted octanol–water partition coefficient (Wildman–Crippen LogP) is 0.917. The maximum absolute atomic E-state index is 11.3. The average molecular weight is 262 g/mol. The number of aromatic nitrogens is 2. The number of hydrogen-bond acceptors (Lipinski definition) is 5. The summed E-state index contributed by atoms with van der Waals surface area (Å²) in [5.41, 5.74) is 5.66. The fourth-order valence-electron chi connectivity index (χ4n) is 1.40. The number of nitrogens with one attached hydrogen (secondary N) is 1. The van der Waals surface area contributed by atoms with Crippen LogP contribution in [0.2, 0.25) is 0 Å². The first kappa shape index (κ1) is 12.3. The van der Waals surface area contributed by atoms with Gasteiger partial charge in [0, 0.05) is 5.39 Å². The van der Waals surface area contributed by atoms with Crippen molar-refractivity contribution in [1.82, 2.24) is 15.3 Å². The molecule has 0 spiro atoms. The summed E-state index contributed by atoms with van der Waals surface area (Å²) in [6, 6.07) is 6.64. The molecule has 92 valence electrons. The Morgan fingerprint density at radius 3 is 2.83 bits per heavy atom. The Morgan fingerprint density at radius 1 is 1.28 bits per heavy atom. The van der Waals surface area contributed by atoms with E-state index in [0.717, 1.165) is 10.9 Å². The Hall–Kier alpha value is -2.15. The highest BCUT2D eigenvalue weighted by Gasteiger charge is 2.08. The van der Waals surface area contributed by atoms with Gasteiger partial charge in [-0.05, 0) is 6.07 Å². The van der Waals surface area contributed by atoms with Gasteiger partial charge in [-0.2, -0.15) is 0 Å². The summed E-state index contributed by atoms with van der Waals surface area (Å²) < 4.78 is 0. The van der Waals surface area contributed by atoms with E-state index in [9.17, 15) is 9.59 Å². The lowest BCUT2D eigenvalue weighted by Crippen LogP contribution is -2.36. The molecule has 3 amide bonds. The van der Waals surface area contributed by atoms with Crippen molar-refractivity contribution in [2.75, 3.05) is 5.75 Å². The molecule has 0 aliphatic heterocycles. The molecule has 3 N–H and O–H groups in total. The minimum absolute atomic E-state index is 0.0734. The number of imide groups is 1. The van der Waals surface area contributed by atoms with Gasteiger partial charge in [-0.3, -0.25) is 10.1 Å². The number of amides is 3. The SMILES string of the molecule is NC(=O)NC(=O)CSc1ncnc2ccccc12. The number of rotatable bonds is 3. The van der Waals surface area contributed by atoms with Crippen LogP contribution in [0.5, 0.6) is 0 Å². The molecule has 7 heteroatoms. The normalized spacial score (nSPS) is 10.2. The number of thioether (sulfide) groups is 1. The van der Waals surface area contributed by atoms with Crippen molar-refractivity contribution in [3.63, 3.8) is 0 Å². The Bertz CT molecular complexity index is 597. The van der Waals surface area contributed by atoms with E-state index in [-0.39, 0.29) is 5.75 Å². The summed E-state index contributed by atoms with van der Waals surface area (Å²) in [6.45, 7) is 0. The zero-order valence-electron chi connectivity index (χ0n) is 9.29. The van der Waals surface area contributed by atoms with Crippen LogP contribution < -0.4 is 11.1 Å². The van der Waals surface area contributed by atoms with Gasteiger partial charge in [-0.25, -0.2) is 14.8 Å². The summed E-state index contributed by atoms with van der Waals surface area (Å²) in [5.74, 6) is -0.376. The Labute approximate surface area is 107 Å². The fraction of sp³-hybridized carbons (Fsp3) is 0.0909. The monoisotopic (exact) mass is 262 g/mol. The van der Waals surface area contributed by atoms with Crippen LogP contribution in [-0.2, 0) is 4.79 Å². The molecular weight excluding hydrogens is 252 g/mol. The number of nitrogens with zero attached hydrogens (tertiary/aromatic N) is 2. The Balaban J connectivity index is 2.12. The van der Waals surface area contributed by atoms with Crippen LogP contribution in [0.3, 0.4) is 0 Å². The number of urea groups is 1. The average Bonchev–Trinajstić information content (AvgIpc) is 2.35. The molecule has 6 nitrogen and oxygen atoms in total. The number of nitrogens with two attached hydrogens (primary N) is 1. The lowest BCUT2D eigenvalue weighted by Gasteiger charge is -2.04. The molecule has 1 aromatic heterocycles. The summed E-state index contributed by atoms with van der Waals surface area (Å²) >= 11 is 1.23. The molecular formula is C11H10N4O2S. The van der Waals surface area contributed by atoms with Gasteiger partial charge in [-0.15, -0.1) is 0 Å². The lowest BCUT2D eigenvalue weighted by atomic mass is 10.2. The van der Waals surface area contributed by atoms with E-state index in [1.807, 2.05) is 29.6 Å². The number of primary amides is 1. The molecule has 1 heterocycles. The molecule has 0 bridgehead atoms. The smallest absolute Gasteiger partial charge is 0.318 e. The molecule has 2 aromatic rings. The summed E-state index contributed by atoms with van der Waals surface area (Å²) in [6.07, 6.45) is 1.44. The zero-order valence-corrected chi connectivity index (χ0v) is 10.1. The van der Waals surface area contributed by atoms with Gasteiger partial charge in [-0.1, -0.05) is 30.0 Å². The number of fused-ring (bicyclic) bond motifs is 1. The van der Waals surface area contributed by atoms with Crippen molar-refractivity contribution in [1.29, 1.82) is 0 Å². The van der Waals surface area contributed by atoms with Crippen LogP contribution in [0.4, 0.5) is 4.79 Å². The largest absolute Gasteiger partial charge is 0.351 e. The van der Waals surface area contributed by atoms with Crippen LogP contribution in [0.25, 0.3) is 10.9 Å². The summed E-state index contributed by atoms with van der Waals surface area (Å²) in [4.78, 5) is 30.0. The van der Waals surface area contributed by atoms with Crippen LogP contribution in [0.15, 0.2) is 35.6 Å². The third kappa shape index (κ3) is 2.95. The standard InChI is InChI=1S/C11H10N4O2S/c12-11(17)15-9(16)5-18-10-7-3-1-2-4-8(7)13-6-14-10/h1-4,6H,5H2,(H3,12,15,16,17). The molecule has 0 radical (unpaired) electrons. The molecule has 2 rings (SSSR count). The molecule has 0 aliphatic carbocycles. The number of hydrogen-bond donors (Lipinski definition) is 2. The topological polar surface area (TPSA) is 98.0 Å². The number of carbonyl (C=O) groups is 2. The third-order valence-corrected chi connectivity index (χ3v) is 3.11. The summed E-state index contributed by atoms with van der Waals surface area (Å²) in [7, 11) is 0. The van der Waals surface area contributed by atoms with Gasteiger partial charge in [0.2, 0.25) is 5.91 Å². The van der Waals surface area contributed by atoms with E-state index in [4.69, 9.17) is 5.73 Å². The van der Waals surface area contributed by atoms with Gasteiger partial charge in [0.05, 0.1) is 11.3 Å². The van der Waals surface area contributed by atoms with E-state index in [0.29, 0.717) is 5.03 Å². The highest BCUT2D eigenvalue weighted by Crippen LogP contribution is 2.23. The molecule has 1 aromatic carbocycles. The van der Waals surface area contributed by atoms with Crippen LogP contribution in [0, 0.1) is 0 Å². The molecule has 0 saturated carbocycles. The van der Waals surface area contributed by atoms with E-state index < -0.39 is 11.9 Å². The zero-order chi connectivity index (χ0) is 13.0. The van der Waals surface area contributed by atoms with Gasteiger partial charge in [0.25, 0.3) is 0 Å². The maximum Gasteiger partial charge on any atom is 0.318 e. The molecule has 0 unspecified atom stereocenters. The van der Waals surface area contributed by atoms with Gasteiger partial charge in [0.15, 0.2) is 0 Å². The van der Waals surface area contributed by atoms with Crippen LogP contribution >= 0.6 is 11.8 Å². The first-order valence-corrected chi connectivity index (χ1v) is 6.07.